The normalized spacial score (nSPS) is 41.6. The number of nitrogens with zero attached hydrogens (tertiary/aromatic N) is 2. The third-order valence-corrected chi connectivity index (χ3v) is 5.51. The first-order chi connectivity index (χ1) is 7.43. The second-order valence-corrected chi connectivity index (χ2v) is 6.48. The van der Waals surface area contributed by atoms with E-state index in [9.17, 15) is 0 Å². The third-order valence-electron chi connectivity index (χ3n) is 5.51. The molecule has 16 heavy (non-hydrogen) atoms. The Morgan fingerprint density at radius 2 is 1.75 bits per heavy atom. The lowest BCUT2D eigenvalue weighted by molar-refractivity contribution is -0.0303. The Bertz CT molecular complexity index is 263. The van der Waals surface area contributed by atoms with Gasteiger partial charge in [-0.2, -0.15) is 0 Å². The fourth-order valence-corrected chi connectivity index (χ4v) is 3.78. The highest BCUT2D eigenvalue weighted by Crippen LogP contribution is 2.50. The molecule has 0 aromatic heterocycles. The molecule has 0 amide bonds. The van der Waals surface area contributed by atoms with Gasteiger partial charge in [0.2, 0.25) is 0 Å². The van der Waals surface area contributed by atoms with Crippen molar-refractivity contribution in [1.29, 1.82) is 0 Å². The predicted molar refractivity (Wildman–Crippen MR) is 69.7 cm³/mol. The SMILES string of the molecule is CCN1CC[C@]2(C)CCN(C(C)C)C[C@]12C. The van der Waals surface area contributed by atoms with Crippen molar-refractivity contribution in [2.24, 2.45) is 5.41 Å². The summed E-state index contributed by atoms with van der Waals surface area (Å²) in [5, 5.41) is 0. The Morgan fingerprint density at radius 1 is 1.12 bits per heavy atom. The Labute approximate surface area is 101 Å². The summed E-state index contributed by atoms with van der Waals surface area (Å²) in [6.07, 6.45) is 2.77. The fraction of sp³-hybridized carbons (Fsp3) is 1.00. The highest BCUT2D eigenvalue weighted by Gasteiger charge is 2.55. The van der Waals surface area contributed by atoms with Gasteiger partial charge in [0.15, 0.2) is 0 Å². The van der Waals surface area contributed by atoms with Gasteiger partial charge in [0.25, 0.3) is 0 Å². The molecule has 2 nitrogen and oxygen atoms in total. The van der Waals surface area contributed by atoms with Crippen LogP contribution in [-0.4, -0.2) is 47.6 Å². The van der Waals surface area contributed by atoms with E-state index in [0.29, 0.717) is 17.0 Å². The Hall–Kier alpha value is -0.0800. The zero-order valence-corrected chi connectivity index (χ0v) is 11.7. The summed E-state index contributed by atoms with van der Waals surface area (Å²) >= 11 is 0. The maximum atomic E-state index is 2.71. The summed E-state index contributed by atoms with van der Waals surface area (Å²) in [4.78, 5) is 5.37. The summed E-state index contributed by atoms with van der Waals surface area (Å²) in [6, 6.07) is 0.695. The molecule has 0 N–H and O–H groups in total. The van der Waals surface area contributed by atoms with Crippen molar-refractivity contribution >= 4 is 0 Å². The molecule has 94 valence electrons. The van der Waals surface area contributed by atoms with Gasteiger partial charge in [-0.25, -0.2) is 0 Å². The number of piperidine rings is 1. The summed E-state index contributed by atoms with van der Waals surface area (Å²) in [7, 11) is 0. The zero-order chi connectivity index (χ0) is 12.0. The van der Waals surface area contributed by atoms with Crippen molar-refractivity contribution in [2.45, 2.75) is 59.0 Å². The smallest absolute Gasteiger partial charge is 0.0362 e. The topological polar surface area (TPSA) is 6.48 Å². The van der Waals surface area contributed by atoms with Crippen molar-refractivity contribution < 1.29 is 0 Å². The van der Waals surface area contributed by atoms with Gasteiger partial charge in [0, 0.05) is 18.1 Å². The lowest BCUT2D eigenvalue weighted by atomic mass is 9.67. The maximum Gasteiger partial charge on any atom is 0.0362 e. The second kappa shape index (κ2) is 3.99. The van der Waals surface area contributed by atoms with Crippen LogP contribution in [0.25, 0.3) is 0 Å². The minimum Gasteiger partial charge on any atom is -0.299 e. The van der Waals surface area contributed by atoms with E-state index >= 15 is 0 Å². The number of hydrogen-bond acceptors (Lipinski definition) is 2. The number of likely N-dealkylation sites (tertiary alicyclic amines) is 2. The number of fused-ring (bicyclic) bond motifs is 1. The molecule has 0 spiro atoms. The minimum atomic E-state index is 0.407. The molecule has 2 fully saturated rings. The van der Waals surface area contributed by atoms with Crippen LogP contribution in [-0.2, 0) is 0 Å². The van der Waals surface area contributed by atoms with E-state index in [4.69, 9.17) is 0 Å². The second-order valence-electron chi connectivity index (χ2n) is 6.48. The molecule has 0 aliphatic carbocycles. The van der Waals surface area contributed by atoms with Crippen LogP contribution in [0.1, 0.15) is 47.5 Å². The molecule has 0 aromatic carbocycles. The van der Waals surface area contributed by atoms with Gasteiger partial charge in [-0.3, -0.25) is 9.80 Å². The molecule has 2 rings (SSSR count). The summed E-state index contributed by atoms with van der Waals surface area (Å²) in [5.41, 5.74) is 0.957. The van der Waals surface area contributed by atoms with Gasteiger partial charge < -0.3 is 0 Å². The Morgan fingerprint density at radius 3 is 2.31 bits per heavy atom. The van der Waals surface area contributed by atoms with Crippen LogP contribution in [0.2, 0.25) is 0 Å². The number of likely N-dealkylation sites (N-methyl/N-ethyl adjacent to an activating group) is 1. The van der Waals surface area contributed by atoms with E-state index in [2.05, 4.69) is 44.4 Å². The van der Waals surface area contributed by atoms with Crippen LogP contribution in [0.4, 0.5) is 0 Å². The predicted octanol–water partition coefficient (Wildman–Crippen LogP) is 2.59. The monoisotopic (exact) mass is 224 g/mol. The molecule has 2 atom stereocenters. The lowest BCUT2D eigenvalue weighted by Gasteiger charge is -2.53. The van der Waals surface area contributed by atoms with Gasteiger partial charge in [-0.05, 0) is 58.7 Å². The van der Waals surface area contributed by atoms with Gasteiger partial charge in [0.1, 0.15) is 0 Å². The summed E-state index contributed by atoms with van der Waals surface area (Å²) in [5.74, 6) is 0. The molecule has 2 heteroatoms. The van der Waals surface area contributed by atoms with E-state index in [1.54, 1.807) is 0 Å². The van der Waals surface area contributed by atoms with Gasteiger partial charge >= 0.3 is 0 Å². The third kappa shape index (κ3) is 1.62. The zero-order valence-electron chi connectivity index (χ0n) is 11.7. The van der Waals surface area contributed by atoms with Crippen molar-refractivity contribution in [2.75, 3.05) is 26.2 Å². The molecule has 2 heterocycles. The molecule has 2 aliphatic heterocycles. The first kappa shape index (κ1) is 12.4. The fourth-order valence-electron chi connectivity index (χ4n) is 3.78. The molecule has 0 bridgehead atoms. The van der Waals surface area contributed by atoms with Crippen LogP contribution < -0.4 is 0 Å². The van der Waals surface area contributed by atoms with Crippen molar-refractivity contribution in [3.8, 4) is 0 Å². The Kier molecular flexibility index (Phi) is 3.09. The first-order valence-corrected chi connectivity index (χ1v) is 6.92. The molecule has 0 saturated carbocycles. The van der Waals surface area contributed by atoms with Crippen molar-refractivity contribution in [3.05, 3.63) is 0 Å². The first-order valence-electron chi connectivity index (χ1n) is 6.92. The lowest BCUT2D eigenvalue weighted by Crippen LogP contribution is -2.62. The molecule has 0 radical (unpaired) electrons. The van der Waals surface area contributed by atoms with Crippen LogP contribution in [0.5, 0.6) is 0 Å². The average molecular weight is 224 g/mol. The van der Waals surface area contributed by atoms with E-state index in [1.807, 2.05) is 0 Å². The van der Waals surface area contributed by atoms with E-state index in [0.717, 1.165) is 0 Å². The minimum absolute atomic E-state index is 0.407. The standard InChI is InChI=1S/C14H28N2/c1-6-16-10-8-13(4)7-9-15(12(2)3)11-14(13,16)5/h12H,6-11H2,1-5H3/t13-,14-/m0/s1. The van der Waals surface area contributed by atoms with Crippen LogP contribution in [0, 0.1) is 5.41 Å². The molecule has 0 aromatic rings. The van der Waals surface area contributed by atoms with Crippen molar-refractivity contribution in [1.82, 2.24) is 9.80 Å². The van der Waals surface area contributed by atoms with E-state index in [1.165, 1.54) is 39.0 Å². The van der Waals surface area contributed by atoms with Crippen LogP contribution in [0.15, 0.2) is 0 Å². The highest BCUT2D eigenvalue weighted by atomic mass is 15.3. The van der Waals surface area contributed by atoms with Crippen LogP contribution >= 0.6 is 0 Å². The number of rotatable bonds is 2. The molecule has 2 aliphatic rings. The molecular formula is C14H28N2. The summed E-state index contributed by atoms with van der Waals surface area (Å²) in [6.45, 7) is 17.0. The van der Waals surface area contributed by atoms with Crippen LogP contribution in [0.3, 0.4) is 0 Å². The van der Waals surface area contributed by atoms with Gasteiger partial charge in [0.05, 0.1) is 0 Å². The molecular weight excluding hydrogens is 196 g/mol. The Balaban J connectivity index is 2.22. The summed E-state index contributed by atoms with van der Waals surface area (Å²) < 4.78 is 0. The van der Waals surface area contributed by atoms with Gasteiger partial charge in [-0.1, -0.05) is 13.8 Å². The maximum absolute atomic E-state index is 2.71. The number of hydrogen-bond donors (Lipinski definition) is 0. The van der Waals surface area contributed by atoms with Gasteiger partial charge in [-0.15, -0.1) is 0 Å². The highest BCUT2D eigenvalue weighted by molar-refractivity contribution is 5.10. The van der Waals surface area contributed by atoms with E-state index < -0.39 is 0 Å². The van der Waals surface area contributed by atoms with E-state index in [-0.39, 0.29) is 0 Å². The molecule has 2 saturated heterocycles. The van der Waals surface area contributed by atoms with Crippen molar-refractivity contribution in [3.63, 3.8) is 0 Å². The molecule has 0 unspecified atom stereocenters. The average Bonchev–Trinajstić information content (AvgIpc) is 2.49. The largest absolute Gasteiger partial charge is 0.299 e. The quantitative estimate of drug-likeness (QED) is 0.711.